The van der Waals surface area contributed by atoms with Crippen LogP contribution < -0.4 is 5.32 Å². The van der Waals surface area contributed by atoms with Crippen LogP contribution in [0.1, 0.15) is 33.1 Å². The van der Waals surface area contributed by atoms with Gasteiger partial charge in [-0.3, -0.25) is 0 Å². The lowest BCUT2D eigenvalue weighted by molar-refractivity contribution is -0.139. The molecule has 0 aliphatic rings. The van der Waals surface area contributed by atoms with Gasteiger partial charge in [-0.25, -0.2) is 9.59 Å². The van der Waals surface area contributed by atoms with Gasteiger partial charge in [-0.05, 0) is 31.3 Å². The number of aliphatic carboxylic acids is 1. The van der Waals surface area contributed by atoms with Crippen LogP contribution in [0.2, 0.25) is 0 Å². The van der Waals surface area contributed by atoms with Crippen LogP contribution in [0, 0.1) is 0 Å². The molecule has 0 bridgehead atoms. The predicted octanol–water partition coefficient (Wildman–Crippen LogP) is 2.04. The van der Waals surface area contributed by atoms with Gasteiger partial charge < -0.3 is 20.1 Å². The highest BCUT2D eigenvalue weighted by molar-refractivity contribution is 7.98. The Morgan fingerprint density at radius 1 is 1.33 bits per heavy atom. The number of carbonyl (C=O) groups is 2. The molecule has 7 heteroatoms. The first-order chi connectivity index (χ1) is 10.0. The van der Waals surface area contributed by atoms with Crippen molar-refractivity contribution in [2.75, 3.05) is 32.3 Å². The average Bonchev–Trinajstić information content (AvgIpc) is 2.47. The Morgan fingerprint density at radius 3 is 2.38 bits per heavy atom. The molecule has 0 aliphatic heterocycles. The maximum atomic E-state index is 12.4. The summed E-state index contributed by atoms with van der Waals surface area (Å²) in [5, 5.41) is 11.8. The molecule has 21 heavy (non-hydrogen) atoms. The van der Waals surface area contributed by atoms with E-state index in [1.807, 2.05) is 20.1 Å². The van der Waals surface area contributed by atoms with Crippen molar-refractivity contribution in [2.45, 2.75) is 45.2 Å². The summed E-state index contributed by atoms with van der Waals surface area (Å²) in [5.41, 5.74) is 0. The molecule has 0 saturated heterocycles. The average molecular weight is 320 g/mol. The van der Waals surface area contributed by atoms with Gasteiger partial charge in [0.2, 0.25) is 0 Å². The van der Waals surface area contributed by atoms with E-state index in [-0.39, 0.29) is 12.1 Å². The molecule has 0 heterocycles. The van der Waals surface area contributed by atoms with Crippen LogP contribution in [0.5, 0.6) is 0 Å². The summed E-state index contributed by atoms with van der Waals surface area (Å²) < 4.78 is 5.04. The number of thioether (sulfide) groups is 1. The minimum absolute atomic E-state index is 0.0927. The van der Waals surface area contributed by atoms with Crippen molar-refractivity contribution in [3.8, 4) is 0 Å². The summed E-state index contributed by atoms with van der Waals surface area (Å²) in [6.45, 7) is 4.93. The molecule has 0 radical (unpaired) electrons. The van der Waals surface area contributed by atoms with Crippen LogP contribution in [0.3, 0.4) is 0 Å². The third-order valence-electron chi connectivity index (χ3n) is 3.39. The molecule has 0 unspecified atom stereocenters. The standard InChI is InChI=1S/C14H28N2O4S/c1-5-11(6-2)16(8-9-20-3)14(19)15-12(13(17)18)7-10-21-4/h11-12H,5-10H2,1-4H3,(H,15,19)(H,17,18)/t12-/m1/s1. The Morgan fingerprint density at radius 2 is 1.95 bits per heavy atom. The molecule has 0 rings (SSSR count). The number of urea groups is 1. The van der Waals surface area contributed by atoms with Crippen molar-refractivity contribution >= 4 is 23.8 Å². The summed E-state index contributed by atoms with van der Waals surface area (Å²) in [7, 11) is 1.58. The number of hydrogen-bond donors (Lipinski definition) is 2. The number of carboxylic acid groups (broad SMARTS) is 1. The molecule has 0 saturated carbocycles. The van der Waals surface area contributed by atoms with Gasteiger partial charge in [-0.15, -0.1) is 0 Å². The first-order valence-electron chi connectivity index (χ1n) is 7.29. The molecule has 6 nitrogen and oxygen atoms in total. The lowest BCUT2D eigenvalue weighted by atomic mass is 10.1. The molecule has 0 aromatic rings. The van der Waals surface area contributed by atoms with E-state index in [1.54, 1.807) is 23.8 Å². The number of ether oxygens (including phenoxy) is 1. The van der Waals surface area contributed by atoms with E-state index < -0.39 is 12.0 Å². The number of carbonyl (C=O) groups excluding carboxylic acids is 1. The Labute approximate surface area is 131 Å². The van der Waals surface area contributed by atoms with Crippen LogP contribution in [0.15, 0.2) is 0 Å². The van der Waals surface area contributed by atoms with Gasteiger partial charge in [0.15, 0.2) is 0 Å². The predicted molar refractivity (Wildman–Crippen MR) is 85.9 cm³/mol. The number of methoxy groups -OCH3 is 1. The van der Waals surface area contributed by atoms with E-state index in [0.29, 0.717) is 25.3 Å². The lowest BCUT2D eigenvalue weighted by Crippen LogP contribution is -2.52. The summed E-state index contributed by atoms with van der Waals surface area (Å²) in [4.78, 5) is 25.3. The van der Waals surface area contributed by atoms with Gasteiger partial charge in [0.05, 0.1) is 6.61 Å². The second-order valence-electron chi connectivity index (χ2n) is 4.78. The highest BCUT2D eigenvalue weighted by Crippen LogP contribution is 2.10. The number of rotatable bonds is 11. The maximum Gasteiger partial charge on any atom is 0.326 e. The maximum absolute atomic E-state index is 12.4. The molecule has 0 aromatic heterocycles. The van der Waals surface area contributed by atoms with Crippen LogP contribution in [-0.2, 0) is 9.53 Å². The minimum Gasteiger partial charge on any atom is -0.480 e. The van der Waals surface area contributed by atoms with Gasteiger partial charge in [-0.2, -0.15) is 11.8 Å². The van der Waals surface area contributed by atoms with Crippen LogP contribution in [0.25, 0.3) is 0 Å². The lowest BCUT2D eigenvalue weighted by Gasteiger charge is -2.31. The third-order valence-corrected chi connectivity index (χ3v) is 4.03. The Balaban J connectivity index is 4.78. The van der Waals surface area contributed by atoms with E-state index in [2.05, 4.69) is 5.32 Å². The van der Waals surface area contributed by atoms with Crippen molar-refractivity contribution in [3.05, 3.63) is 0 Å². The van der Waals surface area contributed by atoms with Gasteiger partial charge >= 0.3 is 12.0 Å². The van der Waals surface area contributed by atoms with E-state index in [9.17, 15) is 14.7 Å². The van der Waals surface area contributed by atoms with Gasteiger partial charge in [-0.1, -0.05) is 13.8 Å². The molecule has 124 valence electrons. The fourth-order valence-electron chi connectivity index (χ4n) is 2.09. The summed E-state index contributed by atoms with van der Waals surface area (Å²) in [5.74, 6) is -0.297. The van der Waals surface area contributed by atoms with Crippen molar-refractivity contribution in [3.63, 3.8) is 0 Å². The molecule has 0 aliphatic carbocycles. The first kappa shape index (κ1) is 20.1. The highest BCUT2D eigenvalue weighted by atomic mass is 32.2. The zero-order chi connectivity index (χ0) is 16.3. The van der Waals surface area contributed by atoms with Crippen molar-refractivity contribution in [1.82, 2.24) is 10.2 Å². The molecule has 1 atom stereocenters. The first-order valence-corrected chi connectivity index (χ1v) is 8.68. The Bertz CT molecular complexity index is 311. The fourth-order valence-corrected chi connectivity index (χ4v) is 2.57. The third kappa shape index (κ3) is 7.57. The number of hydrogen-bond acceptors (Lipinski definition) is 4. The number of nitrogens with one attached hydrogen (secondary N) is 1. The molecule has 2 N–H and O–H groups in total. The molecule has 2 amide bonds. The Kier molecular flexibility index (Phi) is 11.2. The van der Waals surface area contributed by atoms with E-state index >= 15 is 0 Å². The van der Waals surface area contributed by atoms with E-state index in [1.165, 1.54) is 0 Å². The SMILES string of the molecule is CCC(CC)N(CCOC)C(=O)N[C@H](CCSC)C(=O)O. The summed E-state index contributed by atoms with van der Waals surface area (Å²) >= 11 is 1.56. The monoisotopic (exact) mass is 320 g/mol. The molecular weight excluding hydrogens is 292 g/mol. The minimum atomic E-state index is -0.992. The summed E-state index contributed by atoms with van der Waals surface area (Å²) in [6.07, 6.45) is 3.99. The highest BCUT2D eigenvalue weighted by Gasteiger charge is 2.25. The van der Waals surface area contributed by atoms with Crippen molar-refractivity contribution < 1.29 is 19.4 Å². The number of carboxylic acids is 1. The van der Waals surface area contributed by atoms with Crippen molar-refractivity contribution in [2.24, 2.45) is 0 Å². The Hall–Kier alpha value is -0.950. The number of amides is 2. The van der Waals surface area contributed by atoms with Crippen LogP contribution in [0.4, 0.5) is 4.79 Å². The smallest absolute Gasteiger partial charge is 0.326 e. The zero-order valence-electron chi connectivity index (χ0n) is 13.4. The van der Waals surface area contributed by atoms with E-state index in [0.717, 1.165) is 12.8 Å². The molecule has 0 aromatic carbocycles. The zero-order valence-corrected chi connectivity index (χ0v) is 14.2. The summed E-state index contributed by atoms with van der Waals surface area (Å²) in [6, 6.07) is -1.08. The molecular formula is C14H28N2O4S. The van der Waals surface area contributed by atoms with Crippen molar-refractivity contribution in [1.29, 1.82) is 0 Å². The van der Waals surface area contributed by atoms with Crippen LogP contribution >= 0.6 is 11.8 Å². The second-order valence-corrected chi connectivity index (χ2v) is 5.76. The second kappa shape index (κ2) is 11.7. The quantitative estimate of drug-likeness (QED) is 0.609. The normalized spacial score (nSPS) is 12.2. The molecule has 0 spiro atoms. The van der Waals surface area contributed by atoms with E-state index in [4.69, 9.17) is 4.74 Å². The van der Waals surface area contributed by atoms with Gasteiger partial charge in [0, 0.05) is 19.7 Å². The topological polar surface area (TPSA) is 78.9 Å². The fraction of sp³-hybridized carbons (Fsp3) is 0.857. The van der Waals surface area contributed by atoms with Crippen LogP contribution in [-0.4, -0.2) is 66.4 Å². The largest absolute Gasteiger partial charge is 0.480 e. The van der Waals surface area contributed by atoms with Gasteiger partial charge in [0.1, 0.15) is 6.04 Å². The van der Waals surface area contributed by atoms with Gasteiger partial charge in [0.25, 0.3) is 0 Å². The number of nitrogens with zero attached hydrogens (tertiary/aromatic N) is 1. The molecule has 0 fully saturated rings.